The van der Waals surface area contributed by atoms with Crippen molar-refractivity contribution in [3.63, 3.8) is 0 Å². The molecule has 1 amide bonds. The molecule has 6 nitrogen and oxygen atoms in total. The number of nitrogens with one attached hydrogen (secondary N) is 1. The lowest BCUT2D eigenvalue weighted by Gasteiger charge is -2.19. The van der Waals surface area contributed by atoms with Crippen molar-refractivity contribution in [2.75, 3.05) is 32.1 Å². The second-order valence-corrected chi connectivity index (χ2v) is 5.36. The van der Waals surface area contributed by atoms with Gasteiger partial charge in [-0.2, -0.15) is 0 Å². The normalized spacial score (nSPS) is 10.6. The molecule has 7 heteroatoms. The predicted molar refractivity (Wildman–Crippen MR) is 85.7 cm³/mol. The first-order chi connectivity index (χ1) is 10.4. The number of anilines is 1. The van der Waals surface area contributed by atoms with Crippen LogP contribution >= 0.6 is 11.6 Å². The predicted octanol–water partition coefficient (Wildman–Crippen LogP) is 2.39. The third-order valence-corrected chi connectivity index (χ3v) is 3.43. The van der Waals surface area contributed by atoms with Crippen molar-refractivity contribution >= 4 is 29.2 Å². The van der Waals surface area contributed by atoms with Crippen LogP contribution in [-0.4, -0.2) is 48.6 Å². The number of ether oxygens (including phenoxy) is 1. The number of benzene rings is 1. The van der Waals surface area contributed by atoms with Gasteiger partial charge in [0.1, 0.15) is 5.75 Å². The molecule has 0 aliphatic rings. The molecule has 0 saturated carbocycles. The van der Waals surface area contributed by atoms with Crippen LogP contribution < -0.4 is 10.1 Å². The highest BCUT2D eigenvalue weighted by Crippen LogP contribution is 2.30. The maximum atomic E-state index is 12.1. The van der Waals surface area contributed by atoms with Crippen molar-refractivity contribution < 1.29 is 19.4 Å². The van der Waals surface area contributed by atoms with E-state index in [-0.39, 0.29) is 19.0 Å². The number of rotatable bonds is 8. The lowest BCUT2D eigenvalue weighted by atomic mass is 10.2. The van der Waals surface area contributed by atoms with E-state index in [1.54, 1.807) is 17.0 Å². The Morgan fingerprint density at radius 1 is 1.36 bits per heavy atom. The van der Waals surface area contributed by atoms with Crippen molar-refractivity contribution in [1.82, 2.24) is 4.90 Å². The zero-order valence-electron chi connectivity index (χ0n) is 13.0. The fraction of sp³-hybridized carbons (Fsp3) is 0.467. The summed E-state index contributed by atoms with van der Waals surface area (Å²) in [5.41, 5.74) is 1.33. The summed E-state index contributed by atoms with van der Waals surface area (Å²) < 4.78 is 5.19. The Kier molecular flexibility index (Phi) is 7.14. The molecule has 0 fully saturated rings. The minimum Gasteiger partial charge on any atom is -0.495 e. The summed E-state index contributed by atoms with van der Waals surface area (Å²) in [7, 11) is 1.49. The van der Waals surface area contributed by atoms with Gasteiger partial charge in [0.15, 0.2) is 0 Å². The van der Waals surface area contributed by atoms with Crippen LogP contribution in [-0.2, 0) is 9.59 Å². The van der Waals surface area contributed by atoms with Gasteiger partial charge in [-0.3, -0.25) is 14.5 Å². The smallest absolute Gasteiger partial charge is 0.317 e. The highest BCUT2D eigenvalue weighted by molar-refractivity contribution is 6.31. The largest absolute Gasteiger partial charge is 0.495 e. The number of amides is 1. The average molecular weight is 329 g/mol. The van der Waals surface area contributed by atoms with Crippen LogP contribution in [0.25, 0.3) is 0 Å². The van der Waals surface area contributed by atoms with Crippen molar-refractivity contribution in [1.29, 1.82) is 0 Å². The lowest BCUT2D eigenvalue weighted by molar-refractivity contribution is -0.138. The molecule has 0 aliphatic carbocycles. The van der Waals surface area contributed by atoms with Gasteiger partial charge in [-0.25, -0.2) is 0 Å². The van der Waals surface area contributed by atoms with Crippen LogP contribution in [0.4, 0.5) is 5.69 Å². The number of aliphatic carboxylic acids is 1. The van der Waals surface area contributed by atoms with E-state index < -0.39 is 5.97 Å². The molecule has 0 unspecified atom stereocenters. The SMILES string of the molecule is CCCN(CC(=O)O)CC(=O)Nc1cc(C)c(Cl)cc1OC. The van der Waals surface area contributed by atoms with Crippen LogP contribution in [0.15, 0.2) is 12.1 Å². The standard InChI is InChI=1S/C15H21ClN2O4/c1-4-5-18(9-15(20)21)8-14(19)17-12-6-10(2)11(16)7-13(12)22-3/h6-7H,4-5,8-9H2,1-3H3,(H,17,19)(H,20,21). The van der Waals surface area contributed by atoms with Crippen molar-refractivity contribution in [3.05, 3.63) is 22.7 Å². The quantitative estimate of drug-likeness (QED) is 0.766. The van der Waals surface area contributed by atoms with E-state index in [2.05, 4.69) is 5.32 Å². The number of methoxy groups -OCH3 is 1. The molecule has 1 aromatic carbocycles. The van der Waals surface area contributed by atoms with Crippen molar-refractivity contribution in [3.8, 4) is 5.75 Å². The fourth-order valence-corrected chi connectivity index (χ4v) is 2.20. The van der Waals surface area contributed by atoms with Gasteiger partial charge in [0.05, 0.1) is 25.9 Å². The second-order valence-electron chi connectivity index (χ2n) is 4.95. The van der Waals surface area contributed by atoms with E-state index in [9.17, 15) is 9.59 Å². The van der Waals surface area contributed by atoms with Crippen LogP contribution in [0.2, 0.25) is 5.02 Å². The number of carboxylic acids is 1. The minimum absolute atomic E-state index is 0.00493. The summed E-state index contributed by atoms with van der Waals surface area (Å²) >= 11 is 6.02. The Morgan fingerprint density at radius 2 is 2.05 bits per heavy atom. The van der Waals surface area contributed by atoms with Gasteiger partial charge in [-0.15, -0.1) is 0 Å². The zero-order chi connectivity index (χ0) is 16.7. The first-order valence-corrected chi connectivity index (χ1v) is 7.33. The molecule has 22 heavy (non-hydrogen) atoms. The number of carbonyl (C=O) groups is 2. The fourth-order valence-electron chi connectivity index (χ4n) is 2.04. The van der Waals surface area contributed by atoms with Gasteiger partial charge in [0.25, 0.3) is 0 Å². The molecule has 122 valence electrons. The zero-order valence-corrected chi connectivity index (χ0v) is 13.7. The minimum atomic E-state index is -0.957. The Bertz CT molecular complexity index is 549. The number of hydrogen-bond acceptors (Lipinski definition) is 4. The van der Waals surface area contributed by atoms with E-state index in [1.807, 2.05) is 13.8 Å². The van der Waals surface area contributed by atoms with Gasteiger partial charge in [-0.05, 0) is 31.5 Å². The monoisotopic (exact) mass is 328 g/mol. The molecule has 1 aromatic rings. The number of aryl methyl sites for hydroxylation is 1. The van der Waals surface area contributed by atoms with Gasteiger partial charge >= 0.3 is 5.97 Å². The van der Waals surface area contributed by atoms with Crippen LogP contribution in [0.5, 0.6) is 5.75 Å². The van der Waals surface area contributed by atoms with E-state index in [1.165, 1.54) is 7.11 Å². The lowest BCUT2D eigenvalue weighted by Crippen LogP contribution is -2.37. The summed E-state index contributed by atoms with van der Waals surface area (Å²) in [6, 6.07) is 3.36. The first kappa shape index (κ1) is 18.3. The second kappa shape index (κ2) is 8.60. The summed E-state index contributed by atoms with van der Waals surface area (Å²) in [5.74, 6) is -0.792. The third kappa shape index (κ3) is 5.54. The maximum absolute atomic E-state index is 12.1. The molecular weight excluding hydrogens is 308 g/mol. The van der Waals surface area contributed by atoms with Gasteiger partial charge < -0.3 is 15.2 Å². The van der Waals surface area contributed by atoms with E-state index in [4.69, 9.17) is 21.4 Å². The average Bonchev–Trinajstić information content (AvgIpc) is 2.42. The molecule has 2 N–H and O–H groups in total. The topological polar surface area (TPSA) is 78.9 Å². The molecule has 0 aromatic heterocycles. The van der Waals surface area contributed by atoms with Gasteiger partial charge in [0.2, 0.25) is 5.91 Å². The first-order valence-electron chi connectivity index (χ1n) is 6.95. The highest BCUT2D eigenvalue weighted by Gasteiger charge is 2.15. The Balaban J connectivity index is 2.79. The van der Waals surface area contributed by atoms with Crippen molar-refractivity contribution in [2.45, 2.75) is 20.3 Å². The molecule has 0 heterocycles. The number of nitrogens with zero attached hydrogens (tertiary/aromatic N) is 1. The number of halogens is 1. The molecule has 0 aliphatic heterocycles. The van der Waals surface area contributed by atoms with Crippen LogP contribution in [0.3, 0.4) is 0 Å². The van der Waals surface area contributed by atoms with Crippen molar-refractivity contribution in [2.24, 2.45) is 0 Å². The van der Waals surface area contributed by atoms with Gasteiger partial charge in [0, 0.05) is 11.1 Å². The van der Waals surface area contributed by atoms with E-state index in [0.717, 1.165) is 12.0 Å². The van der Waals surface area contributed by atoms with E-state index in [0.29, 0.717) is 23.0 Å². The van der Waals surface area contributed by atoms with Crippen LogP contribution in [0, 0.1) is 6.92 Å². The van der Waals surface area contributed by atoms with E-state index >= 15 is 0 Å². The van der Waals surface area contributed by atoms with Crippen LogP contribution in [0.1, 0.15) is 18.9 Å². The number of carboxylic acid groups (broad SMARTS) is 1. The summed E-state index contributed by atoms with van der Waals surface area (Å²) in [5, 5.41) is 12.1. The molecule has 0 radical (unpaired) electrons. The molecule has 0 atom stereocenters. The molecule has 0 bridgehead atoms. The highest BCUT2D eigenvalue weighted by atomic mass is 35.5. The Morgan fingerprint density at radius 3 is 2.59 bits per heavy atom. The molecular formula is C15H21ClN2O4. The summed E-state index contributed by atoms with van der Waals surface area (Å²) in [6.07, 6.45) is 0.768. The third-order valence-electron chi connectivity index (χ3n) is 3.02. The molecule has 1 rings (SSSR count). The molecule has 0 spiro atoms. The summed E-state index contributed by atoms with van der Waals surface area (Å²) in [4.78, 5) is 24.5. The summed E-state index contributed by atoms with van der Waals surface area (Å²) in [6.45, 7) is 4.13. The van der Waals surface area contributed by atoms with Gasteiger partial charge in [-0.1, -0.05) is 18.5 Å². The molecule has 0 saturated heterocycles. The Labute approximate surface area is 135 Å². The Hall–Kier alpha value is -1.79. The maximum Gasteiger partial charge on any atom is 0.317 e. The number of carbonyl (C=O) groups excluding carboxylic acids is 1. The number of hydrogen-bond donors (Lipinski definition) is 2.